The van der Waals surface area contributed by atoms with Crippen molar-refractivity contribution < 1.29 is 28.5 Å². The Hall–Kier alpha value is -3.65. The minimum atomic E-state index is -0.230. The number of hydrogen-bond donors (Lipinski definition) is 0. The quantitative estimate of drug-likeness (QED) is 0.364. The summed E-state index contributed by atoms with van der Waals surface area (Å²) < 4.78 is 28.5. The number of ether oxygens (including phenoxy) is 5. The van der Waals surface area contributed by atoms with E-state index in [0.717, 1.165) is 52.4 Å². The maximum absolute atomic E-state index is 11.7. The monoisotopic (exact) mass is 530 g/mol. The van der Waals surface area contributed by atoms with Crippen LogP contribution in [0.4, 0.5) is 0 Å². The van der Waals surface area contributed by atoms with E-state index in [4.69, 9.17) is 33.7 Å². The molecular formula is C31H34N2O6. The summed E-state index contributed by atoms with van der Waals surface area (Å²) in [6, 6.07) is 12.7. The van der Waals surface area contributed by atoms with Gasteiger partial charge in [-0.2, -0.15) is 9.97 Å². The highest BCUT2D eigenvalue weighted by molar-refractivity contribution is 5.74. The van der Waals surface area contributed by atoms with Crippen molar-refractivity contribution in [3.8, 4) is 28.6 Å². The molecule has 0 spiro atoms. The first-order valence-corrected chi connectivity index (χ1v) is 13.5. The lowest BCUT2D eigenvalue weighted by Crippen LogP contribution is -2.44. The van der Waals surface area contributed by atoms with E-state index in [2.05, 4.69) is 25.1 Å². The van der Waals surface area contributed by atoms with E-state index in [1.54, 1.807) is 0 Å². The highest BCUT2D eigenvalue weighted by Crippen LogP contribution is 2.44. The largest absolute Gasteiger partial charge is 0.492 e. The maximum Gasteiger partial charge on any atom is 0.316 e. The molecule has 2 aromatic carbocycles. The molecule has 6 rings (SSSR count). The molecule has 0 N–H and O–H groups in total. The van der Waals surface area contributed by atoms with Gasteiger partial charge in [-0.05, 0) is 49.4 Å². The highest BCUT2D eigenvalue weighted by atomic mass is 16.5. The fourth-order valence-electron chi connectivity index (χ4n) is 5.83. The number of rotatable bonds is 8. The molecule has 3 aromatic rings. The number of nitrogens with zero attached hydrogens (tertiary/aromatic N) is 2. The molecule has 1 fully saturated rings. The smallest absolute Gasteiger partial charge is 0.316 e. The van der Waals surface area contributed by atoms with Crippen LogP contribution >= 0.6 is 0 Å². The van der Waals surface area contributed by atoms with Gasteiger partial charge in [0.25, 0.3) is 0 Å². The molecule has 1 aliphatic carbocycles. The van der Waals surface area contributed by atoms with Gasteiger partial charge in [-0.15, -0.1) is 0 Å². The zero-order chi connectivity index (χ0) is 27.1. The van der Waals surface area contributed by atoms with Gasteiger partial charge in [0.05, 0.1) is 44.7 Å². The van der Waals surface area contributed by atoms with Crippen LogP contribution < -0.4 is 14.2 Å². The first-order chi connectivity index (χ1) is 18.8. The number of aryl methyl sites for hydroxylation is 2. The minimum Gasteiger partial charge on any atom is -0.492 e. The van der Waals surface area contributed by atoms with Gasteiger partial charge >= 0.3 is 12.0 Å². The molecule has 2 aliphatic heterocycles. The molecule has 204 valence electrons. The van der Waals surface area contributed by atoms with Crippen LogP contribution in [0.25, 0.3) is 11.1 Å². The second-order valence-corrected chi connectivity index (χ2v) is 11.2. The third-order valence-corrected chi connectivity index (χ3v) is 7.97. The molecule has 3 heterocycles. The number of hydrogen-bond acceptors (Lipinski definition) is 8. The fraction of sp³-hybridized carbons (Fsp3) is 0.452. The van der Waals surface area contributed by atoms with Crippen LogP contribution in [0.1, 0.15) is 59.9 Å². The lowest BCUT2D eigenvalue weighted by molar-refractivity contribution is -0.141. The van der Waals surface area contributed by atoms with E-state index in [9.17, 15) is 4.79 Å². The number of benzene rings is 2. The first kappa shape index (κ1) is 25.6. The van der Waals surface area contributed by atoms with Crippen LogP contribution in [0.3, 0.4) is 0 Å². The third kappa shape index (κ3) is 4.93. The molecular weight excluding hydrogens is 496 g/mol. The number of methoxy groups -OCH3 is 1. The lowest BCUT2D eigenvalue weighted by Gasteiger charge is -2.37. The highest BCUT2D eigenvalue weighted by Gasteiger charge is 2.35. The normalized spacial score (nSPS) is 20.4. The Morgan fingerprint density at radius 1 is 1.10 bits per heavy atom. The second kappa shape index (κ2) is 10.2. The molecule has 1 saturated heterocycles. The molecule has 0 amide bonds. The Labute approximate surface area is 228 Å². The lowest BCUT2D eigenvalue weighted by atomic mass is 9.90. The van der Waals surface area contributed by atoms with Crippen molar-refractivity contribution in [2.24, 2.45) is 5.41 Å². The van der Waals surface area contributed by atoms with E-state index in [1.165, 1.54) is 18.2 Å². The average Bonchev–Trinajstić information content (AvgIpc) is 3.50. The van der Waals surface area contributed by atoms with E-state index in [1.807, 2.05) is 32.0 Å². The SMILES string of the molecule is COC(=O)C[C@@H]1COc2cc(O[C@@H]3CCc4c(-c5c(C)nc(OCC6(C)COC6)nc5C)cccc43)ccc21. The topological polar surface area (TPSA) is 89.0 Å². The predicted molar refractivity (Wildman–Crippen MR) is 144 cm³/mol. The van der Waals surface area contributed by atoms with Crippen LogP contribution in [0, 0.1) is 19.3 Å². The molecule has 8 nitrogen and oxygen atoms in total. The van der Waals surface area contributed by atoms with E-state index in [0.29, 0.717) is 38.9 Å². The second-order valence-electron chi connectivity index (χ2n) is 11.2. The Kier molecular flexibility index (Phi) is 6.67. The van der Waals surface area contributed by atoms with Gasteiger partial charge in [0.15, 0.2) is 0 Å². The Balaban J connectivity index is 1.20. The molecule has 0 radical (unpaired) electrons. The number of esters is 1. The van der Waals surface area contributed by atoms with Crippen LogP contribution in [0.2, 0.25) is 0 Å². The molecule has 0 unspecified atom stereocenters. The summed E-state index contributed by atoms with van der Waals surface area (Å²) in [6.45, 7) is 8.62. The van der Waals surface area contributed by atoms with Crippen molar-refractivity contribution >= 4 is 5.97 Å². The van der Waals surface area contributed by atoms with Gasteiger partial charge in [0.1, 0.15) is 24.2 Å². The van der Waals surface area contributed by atoms with Gasteiger partial charge in [-0.25, -0.2) is 0 Å². The van der Waals surface area contributed by atoms with Gasteiger partial charge in [-0.1, -0.05) is 31.2 Å². The molecule has 3 aliphatic rings. The fourth-order valence-corrected chi connectivity index (χ4v) is 5.83. The van der Waals surface area contributed by atoms with Crippen molar-refractivity contribution in [3.05, 3.63) is 64.5 Å². The van der Waals surface area contributed by atoms with Crippen LogP contribution in [0.5, 0.6) is 17.5 Å². The Morgan fingerprint density at radius 2 is 1.90 bits per heavy atom. The van der Waals surface area contributed by atoms with Crippen molar-refractivity contribution in [2.75, 3.05) is 33.5 Å². The maximum atomic E-state index is 11.7. The molecule has 0 saturated carbocycles. The molecule has 1 aromatic heterocycles. The summed E-state index contributed by atoms with van der Waals surface area (Å²) in [5.74, 6) is 1.32. The van der Waals surface area contributed by atoms with Crippen LogP contribution in [-0.2, 0) is 20.7 Å². The molecule has 2 atom stereocenters. The molecule has 8 heteroatoms. The Morgan fingerprint density at radius 3 is 2.62 bits per heavy atom. The summed E-state index contributed by atoms with van der Waals surface area (Å²) in [6.07, 6.45) is 2.05. The van der Waals surface area contributed by atoms with Crippen LogP contribution in [0.15, 0.2) is 36.4 Å². The van der Waals surface area contributed by atoms with Gasteiger partial charge < -0.3 is 23.7 Å². The summed E-state index contributed by atoms with van der Waals surface area (Å²) in [7, 11) is 1.41. The van der Waals surface area contributed by atoms with Gasteiger partial charge in [0.2, 0.25) is 0 Å². The average molecular weight is 531 g/mol. The number of aromatic nitrogens is 2. The predicted octanol–water partition coefficient (Wildman–Crippen LogP) is 5.28. The number of carbonyl (C=O) groups is 1. The standard InChI is InChI=1S/C31H34N2O6/c1-18-29(19(2)33-30(32-18)38-17-31(3)15-36-16-31)25-7-5-6-24-23(25)10-11-26(24)39-21-8-9-22-20(12-28(34)35-4)14-37-27(22)13-21/h5-9,13,20,26H,10-12,14-17H2,1-4H3/t20-,26-/m1/s1. The van der Waals surface area contributed by atoms with Crippen molar-refractivity contribution in [3.63, 3.8) is 0 Å². The van der Waals surface area contributed by atoms with Crippen molar-refractivity contribution in [2.45, 2.75) is 52.1 Å². The number of carbonyl (C=O) groups excluding carboxylic acids is 1. The zero-order valence-electron chi connectivity index (χ0n) is 22.9. The molecule has 39 heavy (non-hydrogen) atoms. The van der Waals surface area contributed by atoms with Crippen molar-refractivity contribution in [1.29, 1.82) is 0 Å². The summed E-state index contributed by atoms with van der Waals surface area (Å²) in [5.41, 5.74) is 7.55. The summed E-state index contributed by atoms with van der Waals surface area (Å²) >= 11 is 0. The zero-order valence-corrected chi connectivity index (χ0v) is 22.9. The number of fused-ring (bicyclic) bond motifs is 2. The van der Waals surface area contributed by atoms with E-state index >= 15 is 0 Å². The van der Waals surface area contributed by atoms with Gasteiger partial charge in [-0.3, -0.25) is 4.79 Å². The third-order valence-electron chi connectivity index (χ3n) is 7.97. The van der Waals surface area contributed by atoms with E-state index in [-0.39, 0.29) is 23.4 Å². The van der Waals surface area contributed by atoms with Crippen molar-refractivity contribution in [1.82, 2.24) is 9.97 Å². The Bertz CT molecular complexity index is 1390. The minimum absolute atomic E-state index is 0.0112. The summed E-state index contributed by atoms with van der Waals surface area (Å²) in [4.78, 5) is 21.1. The van der Waals surface area contributed by atoms with Crippen LogP contribution in [-0.4, -0.2) is 49.5 Å². The van der Waals surface area contributed by atoms with Gasteiger partial charge in [0, 0.05) is 28.5 Å². The first-order valence-electron chi connectivity index (χ1n) is 13.5. The van der Waals surface area contributed by atoms with E-state index < -0.39 is 0 Å². The molecule has 0 bridgehead atoms. The summed E-state index contributed by atoms with van der Waals surface area (Å²) in [5, 5.41) is 0.